The van der Waals surface area contributed by atoms with Crippen molar-refractivity contribution in [3.63, 3.8) is 0 Å². The highest BCUT2D eigenvalue weighted by Crippen LogP contribution is 2.31. The van der Waals surface area contributed by atoms with Gasteiger partial charge in [-0.1, -0.05) is 51.1 Å². The summed E-state index contributed by atoms with van der Waals surface area (Å²) in [7, 11) is 0. The molecule has 2 heteroatoms. The lowest BCUT2D eigenvalue weighted by atomic mass is 9.86. The average molecular weight is 255 g/mol. The molecule has 0 aliphatic heterocycles. The van der Waals surface area contributed by atoms with E-state index in [1.165, 1.54) is 5.56 Å². The van der Waals surface area contributed by atoms with Crippen LogP contribution < -0.4 is 10.5 Å². The van der Waals surface area contributed by atoms with Gasteiger partial charge in [-0.25, -0.2) is 0 Å². The Morgan fingerprint density at radius 1 is 1.00 bits per heavy atom. The zero-order valence-electron chi connectivity index (χ0n) is 11.8. The van der Waals surface area contributed by atoms with Crippen LogP contribution in [0.25, 0.3) is 0 Å². The monoisotopic (exact) mass is 255 g/mol. The summed E-state index contributed by atoms with van der Waals surface area (Å²) in [5, 5.41) is 0. The zero-order valence-corrected chi connectivity index (χ0v) is 11.8. The van der Waals surface area contributed by atoms with Crippen molar-refractivity contribution in [1.82, 2.24) is 0 Å². The Labute approximate surface area is 115 Å². The van der Waals surface area contributed by atoms with E-state index in [0.717, 1.165) is 17.1 Å². The maximum absolute atomic E-state index is 5.96. The Balaban J connectivity index is 2.37. The first-order valence-corrected chi connectivity index (χ1v) is 6.57. The van der Waals surface area contributed by atoms with Gasteiger partial charge in [0.05, 0.1) is 0 Å². The average Bonchev–Trinajstić information content (AvgIpc) is 2.39. The van der Waals surface area contributed by atoms with Crippen molar-refractivity contribution in [3.8, 4) is 11.5 Å². The van der Waals surface area contributed by atoms with Crippen molar-refractivity contribution in [2.75, 3.05) is 0 Å². The van der Waals surface area contributed by atoms with Crippen LogP contribution in [0.5, 0.6) is 11.5 Å². The van der Waals surface area contributed by atoms with Crippen LogP contribution in [0.1, 0.15) is 31.9 Å². The minimum Gasteiger partial charge on any atom is -0.457 e. The molecule has 100 valence electrons. The van der Waals surface area contributed by atoms with Crippen LogP contribution >= 0.6 is 0 Å². The highest BCUT2D eigenvalue weighted by atomic mass is 16.5. The largest absolute Gasteiger partial charge is 0.457 e. The van der Waals surface area contributed by atoms with Gasteiger partial charge in [0.1, 0.15) is 11.5 Å². The fraction of sp³-hybridized carbons (Fsp3) is 0.294. The van der Waals surface area contributed by atoms with Crippen LogP contribution in [0.2, 0.25) is 0 Å². The van der Waals surface area contributed by atoms with Gasteiger partial charge >= 0.3 is 0 Å². The fourth-order valence-corrected chi connectivity index (χ4v) is 1.90. The van der Waals surface area contributed by atoms with Gasteiger partial charge < -0.3 is 10.5 Å². The molecular formula is C17H21NO. The van der Waals surface area contributed by atoms with Crippen molar-refractivity contribution in [3.05, 3.63) is 59.7 Å². The summed E-state index contributed by atoms with van der Waals surface area (Å²) < 4.78 is 5.96. The molecule has 2 aromatic carbocycles. The first-order valence-electron chi connectivity index (χ1n) is 6.57. The Bertz CT molecular complexity index is 541. The van der Waals surface area contributed by atoms with Crippen LogP contribution in [0.15, 0.2) is 48.5 Å². The number of rotatable bonds is 3. The second-order valence-electron chi connectivity index (χ2n) is 5.69. The normalized spacial score (nSPS) is 11.4. The Kier molecular flexibility index (Phi) is 3.91. The molecular weight excluding hydrogens is 234 g/mol. The van der Waals surface area contributed by atoms with Crippen molar-refractivity contribution in [2.45, 2.75) is 32.7 Å². The zero-order chi connectivity index (χ0) is 13.9. The van der Waals surface area contributed by atoms with Gasteiger partial charge in [0.25, 0.3) is 0 Å². The molecule has 0 fully saturated rings. The molecule has 0 bridgehead atoms. The topological polar surface area (TPSA) is 35.2 Å². The number of hydrogen-bond acceptors (Lipinski definition) is 2. The van der Waals surface area contributed by atoms with Gasteiger partial charge in [-0.3, -0.25) is 0 Å². The molecule has 0 radical (unpaired) electrons. The van der Waals surface area contributed by atoms with E-state index in [-0.39, 0.29) is 5.41 Å². The van der Waals surface area contributed by atoms with Crippen LogP contribution in [0.4, 0.5) is 0 Å². The standard InChI is InChI=1S/C17H21NO/c1-17(2,3)14-10-9-13(12-18)16(11-14)19-15-7-5-4-6-8-15/h4-11H,12,18H2,1-3H3. The summed E-state index contributed by atoms with van der Waals surface area (Å²) in [4.78, 5) is 0. The maximum atomic E-state index is 5.96. The molecule has 0 aliphatic carbocycles. The summed E-state index contributed by atoms with van der Waals surface area (Å²) >= 11 is 0. The summed E-state index contributed by atoms with van der Waals surface area (Å²) in [5.41, 5.74) is 8.15. The van der Waals surface area contributed by atoms with E-state index in [1.54, 1.807) is 0 Å². The molecule has 0 atom stereocenters. The lowest BCUT2D eigenvalue weighted by molar-refractivity contribution is 0.472. The van der Waals surface area contributed by atoms with Gasteiger partial charge in [0.15, 0.2) is 0 Å². The highest BCUT2D eigenvalue weighted by molar-refractivity contribution is 5.42. The predicted molar refractivity (Wildman–Crippen MR) is 79.5 cm³/mol. The Morgan fingerprint density at radius 3 is 2.26 bits per heavy atom. The molecule has 2 nitrogen and oxygen atoms in total. The SMILES string of the molecule is CC(C)(C)c1ccc(CN)c(Oc2ccccc2)c1. The number of nitrogens with two attached hydrogens (primary N) is 1. The second kappa shape index (κ2) is 5.45. The maximum Gasteiger partial charge on any atom is 0.132 e. The lowest BCUT2D eigenvalue weighted by Crippen LogP contribution is -2.12. The molecule has 0 saturated heterocycles. The van der Waals surface area contributed by atoms with E-state index in [2.05, 4.69) is 39.0 Å². The minimum atomic E-state index is 0.0991. The highest BCUT2D eigenvalue weighted by Gasteiger charge is 2.16. The molecule has 2 N–H and O–H groups in total. The van der Waals surface area contributed by atoms with Gasteiger partial charge in [-0.15, -0.1) is 0 Å². The first kappa shape index (κ1) is 13.6. The molecule has 0 aromatic heterocycles. The molecule has 0 heterocycles. The van der Waals surface area contributed by atoms with Gasteiger partial charge in [-0.2, -0.15) is 0 Å². The third-order valence-electron chi connectivity index (χ3n) is 3.12. The quantitative estimate of drug-likeness (QED) is 0.890. The molecule has 0 amide bonds. The van der Waals surface area contributed by atoms with E-state index >= 15 is 0 Å². The molecule has 0 aliphatic rings. The summed E-state index contributed by atoms with van der Waals surface area (Å²) in [6, 6.07) is 16.1. The van der Waals surface area contributed by atoms with Crippen LogP contribution in [-0.2, 0) is 12.0 Å². The van der Waals surface area contributed by atoms with E-state index in [0.29, 0.717) is 6.54 Å². The van der Waals surface area contributed by atoms with Gasteiger partial charge in [-0.05, 0) is 29.2 Å². The van der Waals surface area contributed by atoms with Crippen molar-refractivity contribution < 1.29 is 4.74 Å². The van der Waals surface area contributed by atoms with E-state index in [1.807, 2.05) is 30.3 Å². The minimum absolute atomic E-state index is 0.0991. The van der Waals surface area contributed by atoms with Crippen molar-refractivity contribution >= 4 is 0 Å². The van der Waals surface area contributed by atoms with Gasteiger partial charge in [0, 0.05) is 12.1 Å². The van der Waals surface area contributed by atoms with E-state index in [9.17, 15) is 0 Å². The molecule has 0 saturated carbocycles. The third-order valence-corrected chi connectivity index (χ3v) is 3.12. The van der Waals surface area contributed by atoms with Crippen LogP contribution in [0.3, 0.4) is 0 Å². The molecule has 2 rings (SSSR count). The van der Waals surface area contributed by atoms with Gasteiger partial charge in [0.2, 0.25) is 0 Å². The predicted octanol–water partition coefficient (Wildman–Crippen LogP) is 4.24. The number of benzene rings is 2. The lowest BCUT2D eigenvalue weighted by Gasteiger charge is -2.21. The summed E-state index contributed by atoms with van der Waals surface area (Å²) in [6.45, 7) is 7.05. The van der Waals surface area contributed by atoms with Crippen molar-refractivity contribution in [2.24, 2.45) is 5.73 Å². The Hall–Kier alpha value is -1.80. The number of para-hydroxylation sites is 1. The molecule has 19 heavy (non-hydrogen) atoms. The summed E-state index contributed by atoms with van der Waals surface area (Å²) in [6.07, 6.45) is 0. The number of ether oxygens (including phenoxy) is 1. The van der Waals surface area contributed by atoms with Crippen LogP contribution in [0, 0.1) is 0 Å². The van der Waals surface area contributed by atoms with E-state index < -0.39 is 0 Å². The Morgan fingerprint density at radius 2 is 1.68 bits per heavy atom. The van der Waals surface area contributed by atoms with Crippen LogP contribution in [-0.4, -0.2) is 0 Å². The van der Waals surface area contributed by atoms with Crippen molar-refractivity contribution in [1.29, 1.82) is 0 Å². The second-order valence-corrected chi connectivity index (χ2v) is 5.69. The molecule has 0 unspecified atom stereocenters. The van der Waals surface area contributed by atoms with E-state index in [4.69, 9.17) is 10.5 Å². The molecule has 0 spiro atoms. The summed E-state index contributed by atoms with van der Waals surface area (Å²) in [5.74, 6) is 1.68. The smallest absolute Gasteiger partial charge is 0.132 e. The first-order chi connectivity index (χ1) is 9.00. The molecule has 2 aromatic rings. The fourth-order valence-electron chi connectivity index (χ4n) is 1.90. The number of hydrogen-bond donors (Lipinski definition) is 1. The third kappa shape index (κ3) is 3.36.